The summed E-state index contributed by atoms with van der Waals surface area (Å²) in [5.74, 6) is 0.140. The number of para-hydroxylation sites is 1. The fraction of sp³-hybridized carbons (Fsp3) is 0.222. The Morgan fingerprint density at radius 1 is 1.11 bits per heavy atom. The smallest absolute Gasteiger partial charge is 0.321 e. The van der Waals surface area contributed by atoms with Crippen molar-refractivity contribution in [3.8, 4) is 11.5 Å². The van der Waals surface area contributed by atoms with Gasteiger partial charge in [0.2, 0.25) is 0 Å². The number of aromatic amines is 1. The van der Waals surface area contributed by atoms with Crippen LogP contribution in [0, 0.1) is 0 Å². The summed E-state index contributed by atoms with van der Waals surface area (Å²) >= 11 is 16.1. The van der Waals surface area contributed by atoms with Gasteiger partial charge in [-0.2, -0.15) is 0 Å². The number of H-pyrrole nitrogens is 1. The van der Waals surface area contributed by atoms with E-state index in [1.807, 2.05) is 49.5 Å². The van der Waals surface area contributed by atoms with E-state index in [4.69, 9.17) is 32.7 Å². The number of carboxylic acid groups (broad SMARTS) is 1. The molecule has 6 nitrogen and oxygen atoms in total. The Morgan fingerprint density at radius 3 is 2.58 bits per heavy atom. The van der Waals surface area contributed by atoms with Gasteiger partial charge in [-0.25, -0.2) is 0 Å². The molecule has 0 aliphatic rings. The van der Waals surface area contributed by atoms with Gasteiger partial charge in [0.1, 0.15) is 12.6 Å². The van der Waals surface area contributed by atoms with E-state index in [1.165, 1.54) is 0 Å². The summed E-state index contributed by atoms with van der Waals surface area (Å²) in [5, 5.41) is 15.1. The van der Waals surface area contributed by atoms with Crippen molar-refractivity contribution in [2.75, 3.05) is 6.61 Å². The maximum absolute atomic E-state index is 12.0. The van der Waals surface area contributed by atoms with Crippen molar-refractivity contribution in [2.45, 2.75) is 32.5 Å². The zero-order chi connectivity index (χ0) is 25.7. The highest BCUT2D eigenvalue weighted by molar-refractivity contribution is 9.10. The van der Waals surface area contributed by atoms with Gasteiger partial charge >= 0.3 is 5.97 Å². The zero-order valence-corrected chi connectivity index (χ0v) is 22.6. The topological polar surface area (TPSA) is 83.6 Å². The van der Waals surface area contributed by atoms with Gasteiger partial charge in [0.25, 0.3) is 0 Å². The van der Waals surface area contributed by atoms with Gasteiger partial charge < -0.3 is 24.9 Å². The largest absolute Gasteiger partial charge is 0.490 e. The van der Waals surface area contributed by atoms with Crippen molar-refractivity contribution in [3.05, 3.63) is 92.0 Å². The molecule has 3 aromatic carbocycles. The van der Waals surface area contributed by atoms with Crippen LogP contribution in [0.2, 0.25) is 10.0 Å². The molecule has 0 amide bonds. The van der Waals surface area contributed by atoms with Gasteiger partial charge in [-0.3, -0.25) is 4.79 Å². The number of carbonyl (C=O) groups is 1. The Bertz CT molecular complexity index is 1360. The molecule has 1 aromatic heterocycles. The Morgan fingerprint density at radius 2 is 1.86 bits per heavy atom. The van der Waals surface area contributed by atoms with E-state index >= 15 is 0 Å². The lowest BCUT2D eigenvalue weighted by atomic mass is 10.0. The number of carboxylic acids is 1. The van der Waals surface area contributed by atoms with Crippen LogP contribution in [-0.4, -0.2) is 28.7 Å². The normalized spacial score (nSPS) is 12.0. The lowest BCUT2D eigenvalue weighted by Crippen LogP contribution is -2.38. The first kappa shape index (κ1) is 26.4. The van der Waals surface area contributed by atoms with Crippen LogP contribution in [0.3, 0.4) is 0 Å². The van der Waals surface area contributed by atoms with Crippen LogP contribution in [0.1, 0.15) is 23.6 Å². The fourth-order valence-electron chi connectivity index (χ4n) is 3.95. The molecule has 0 spiro atoms. The molecule has 0 saturated heterocycles. The third-order valence-corrected chi connectivity index (χ3v) is 7.04. The van der Waals surface area contributed by atoms with Gasteiger partial charge in [-0.1, -0.05) is 47.5 Å². The second kappa shape index (κ2) is 12.0. The van der Waals surface area contributed by atoms with Gasteiger partial charge in [-0.15, -0.1) is 0 Å². The van der Waals surface area contributed by atoms with Crippen molar-refractivity contribution >= 4 is 56.0 Å². The van der Waals surface area contributed by atoms with E-state index in [1.54, 1.807) is 18.2 Å². The molecule has 36 heavy (non-hydrogen) atoms. The van der Waals surface area contributed by atoms with E-state index in [-0.39, 0.29) is 6.61 Å². The molecule has 1 atom stereocenters. The predicted molar refractivity (Wildman–Crippen MR) is 146 cm³/mol. The predicted octanol–water partition coefficient (Wildman–Crippen LogP) is 7.00. The Hall–Kier alpha value is -2.71. The van der Waals surface area contributed by atoms with Gasteiger partial charge in [-0.05, 0) is 64.3 Å². The SMILES string of the molecule is CCOc1cc(CN[C@@H](Cc2c[nH]c3ccccc23)C(=O)O)cc(Br)c1OCc1c(Cl)cccc1Cl. The molecule has 0 aliphatic heterocycles. The minimum absolute atomic E-state index is 0.167. The van der Waals surface area contributed by atoms with Crippen LogP contribution in [0.15, 0.2) is 65.3 Å². The lowest BCUT2D eigenvalue weighted by molar-refractivity contribution is -0.139. The molecule has 0 unspecified atom stereocenters. The number of benzene rings is 3. The first-order chi connectivity index (χ1) is 17.4. The van der Waals surface area contributed by atoms with Crippen molar-refractivity contribution in [3.63, 3.8) is 0 Å². The molecule has 1 heterocycles. The highest BCUT2D eigenvalue weighted by Crippen LogP contribution is 2.38. The number of hydrogen-bond donors (Lipinski definition) is 3. The summed E-state index contributed by atoms with van der Waals surface area (Å²) in [6.07, 6.45) is 2.21. The molecule has 0 radical (unpaired) electrons. The first-order valence-corrected chi connectivity index (χ1v) is 12.9. The summed E-state index contributed by atoms with van der Waals surface area (Å²) in [4.78, 5) is 15.2. The van der Waals surface area contributed by atoms with E-state index in [9.17, 15) is 9.90 Å². The average Bonchev–Trinajstić information content (AvgIpc) is 3.25. The quantitative estimate of drug-likeness (QED) is 0.175. The van der Waals surface area contributed by atoms with Crippen molar-refractivity contribution in [1.82, 2.24) is 10.3 Å². The van der Waals surface area contributed by atoms with Crippen molar-refractivity contribution < 1.29 is 19.4 Å². The minimum atomic E-state index is -0.916. The number of fused-ring (bicyclic) bond motifs is 1. The van der Waals surface area contributed by atoms with Crippen molar-refractivity contribution in [1.29, 1.82) is 0 Å². The third-order valence-electron chi connectivity index (χ3n) is 5.74. The molecular weight excluding hydrogens is 567 g/mol. The lowest BCUT2D eigenvalue weighted by Gasteiger charge is -2.18. The van der Waals surface area contributed by atoms with E-state index in [2.05, 4.69) is 26.2 Å². The number of aliphatic carboxylic acids is 1. The molecule has 188 valence electrons. The maximum atomic E-state index is 12.0. The standard InChI is InChI=1S/C27H25BrCl2N2O4/c1-2-35-25-11-16(10-20(28)26(25)36-15-19-21(29)7-5-8-22(19)30)13-31-24(27(33)34)12-17-14-32-23-9-4-3-6-18(17)23/h3-11,14,24,31-32H,2,12-13,15H2,1H3,(H,33,34)/t24-/m0/s1. The average molecular weight is 592 g/mol. The Kier molecular flexibility index (Phi) is 8.80. The maximum Gasteiger partial charge on any atom is 0.321 e. The van der Waals surface area contributed by atoms with Crippen LogP contribution in [0.5, 0.6) is 11.5 Å². The van der Waals surface area contributed by atoms with E-state index in [0.29, 0.717) is 51.2 Å². The summed E-state index contributed by atoms with van der Waals surface area (Å²) in [5.41, 5.74) is 3.46. The third kappa shape index (κ3) is 6.16. The molecule has 4 rings (SSSR count). The van der Waals surface area contributed by atoms with Crippen LogP contribution in [0.4, 0.5) is 0 Å². The minimum Gasteiger partial charge on any atom is -0.490 e. The van der Waals surface area contributed by atoms with Gasteiger partial charge in [0.15, 0.2) is 11.5 Å². The molecule has 0 fully saturated rings. The molecule has 0 bridgehead atoms. The molecule has 3 N–H and O–H groups in total. The van der Waals surface area contributed by atoms with Crippen LogP contribution in [0.25, 0.3) is 10.9 Å². The molecular formula is C27H25BrCl2N2O4. The molecule has 0 aliphatic carbocycles. The number of rotatable bonds is 11. The first-order valence-electron chi connectivity index (χ1n) is 11.4. The molecule has 9 heteroatoms. The van der Waals surface area contributed by atoms with Gasteiger partial charge in [0.05, 0.1) is 11.1 Å². The molecule has 4 aromatic rings. The summed E-state index contributed by atoms with van der Waals surface area (Å²) in [6.45, 7) is 2.81. The Labute approximate surface area is 227 Å². The zero-order valence-electron chi connectivity index (χ0n) is 19.5. The Balaban J connectivity index is 1.49. The monoisotopic (exact) mass is 590 g/mol. The number of nitrogens with one attached hydrogen (secondary N) is 2. The van der Waals surface area contributed by atoms with Gasteiger partial charge in [0, 0.05) is 45.7 Å². The van der Waals surface area contributed by atoms with Crippen LogP contribution in [-0.2, 0) is 24.4 Å². The highest BCUT2D eigenvalue weighted by Gasteiger charge is 2.20. The van der Waals surface area contributed by atoms with E-state index in [0.717, 1.165) is 22.0 Å². The van der Waals surface area contributed by atoms with E-state index < -0.39 is 12.0 Å². The summed E-state index contributed by atoms with van der Waals surface area (Å²) < 4.78 is 12.5. The number of halogens is 3. The molecule has 0 saturated carbocycles. The number of aromatic nitrogens is 1. The second-order valence-corrected chi connectivity index (χ2v) is 9.83. The second-order valence-electron chi connectivity index (χ2n) is 8.16. The summed E-state index contributed by atoms with van der Waals surface area (Å²) in [6, 6.07) is 16.1. The number of hydrogen-bond acceptors (Lipinski definition) is 4. The highest BCUT2D eigenvalue weighted by atomic mass is 79.9. The fourth-order valence-corrected chi connectivity index (χ4v) is 5.06. The number of ether oxygens (including phenoxy) is 2. The summed E-state index contributed by atoms with van der Waals surface area (Å²) in [7, 11) is 0. The van der Waals surface area contributed by atoms with Crippen LogP contribution >= 0.6 is 39.1 Å². The van der Waals surface area contributed by atoms with Crippen LogP contribution < -0.4 is 14.8 Å². The van der Waals surface area contributed by atoms with Crippen molar-refractivity contribution in [2.24, 2.45) is 0 Å².